The van der Waals surface area contributed by atoms with Gasteiger partial charge in [-0.25, -0.2) is 14.4 Å². The zero-order chi connectivity index (χ0) is 28.9. The van der Waals surface area contributed by atoms with Gasteiger partial charge in [0.1, 0.15) is 6.61 Å². The maximum absolute atomic E-state index is 12.8. The number of nitrogens with one attached hydrogen (secondary N) is 2. The molecule has 0 spiro atoms. The van der Waals surface area contributed by atoms with Gasteiger partial charge in [-0.3, -0.25) is 9.48 Å². The molecule has 4 N–H and O–H groups in total. The Morgan fingerprint density at radius 3 is 2.25 bits per heavy atom. The standard InChI is InChI=1S/C26H33N5O3.C2H2O4/c1-2-15-31-23-11-7-6-10-22(23)24(29-31)25(32)27-14-18-30-16-12-21(13-17-30)28-26(33)34-19-20-8-4-3-5-9-20;3-1(4)2(5)6/h3-11,21H,2,12-19H2,1H3,(H,27,32)(H,28,33);(H,3,4)(H,5,6). The molecule has 1 aliphatic rings. The van der Waals surface area contributed by atoms with Crippen molar-refractivity contribution in [1.29, 1.82) is 0 Å². The van der Waals surface area contributed by atoms with Crippen molar-refractivity contribution in [3.8, 4) is 0 Å². The fourth-order valence-electron chi connectivity index (χ4n) is 4.32. The van der Waals surface area contributed by atoms with Gasteiger partial charge in [-0.1, -0.05) is 55.5 Å². The number of ether oxygens (including phenoxy) is 1. The number of aryl methyl sites for hydroxylation is 1. The van der Waals surface area contributed by atoms with Crippen LogP contribution in [0.4, 0.5) is 4.79 Å². The average molecular weight is 554 g/mol. The monoisotopic (exact) mass is 553 g/mol. The predicted octanol–water partition coefficient (Wildman–Crippen LogP) is 2.72. The van der Waals surface area contributed by atoms with Crippen molar-refractivity contribution < 1.29 is 34.1 Å². The molecule has 0 unspecified atom stereocenters. The normalized spacial score (nSPS) is 13.6. The minimum atomic E-state index is -1.82. The summed E-state index contributed by atoms with van der Waals surface area (Å²) in [7, 11) is 0. The van der Waals surface area contributed by atoms with Gasteiger partial charge in [0.15, 0.2) is 5.69 Å². The Morgan fingerprint density at radius 1 is 0.950 bits per heavy atom. The number of carboxylic acids is 2. The van der Waals surface area contributed by atoms with E-state index in [1.807, 2.05) is 59.3 Å². The van der Waals surface area contributed by atoms with E-state index in [0.29, 0.717) is 12.2 Å². The first-order chi connectivity index (χ1) is 19.3. The Morgan fingerprint density at radius 2 is 1.60 bits per heavy atom. The van der Waals surface area contributed by atoms with Crippen molar-refractivity contribution >= 4 is 34.8 Å². The smallest absolute Gasteiger partial charge is 0.414 e. The number of aromatic nitrogens is 2. The lowest BCUT2D eigenvalue weighted by Gasteiger charge is -2.32. The van der Waals surface area contributed by atoms with Gasteiger partial charge in [-0.15, -0.1) is 0 Å². The van der Waals surface area contributed by atoms with Crippen LogP contribution in [0.1, 0.15) is 42.2 Å². The minimum absolute atomic E-state index is 0.114. The second-order valence-corrected chi connectivity index (χ2v) is 9.28. The molecular formula is C28H35N5O7. The first-order valence-corrected chi connectivity index (χ1v) is 13.2. The quantitative estimate of drug-likeness (QED) is 0.292. The van der Waals surface area contributed by atoms with Crippen LogP contribution in [0.25, 0.3) is 10.9 Å². The minimum Gasteiger partial charge on any atom is -0.473 e. The van der Waals surface area contributed by atoms with Crippen LogP contribution >= 0.6 is 0 Å². The topological polar surface area (TPSA) is 163 Å². The number of fused-ring (bicyclic) bond motifs is 1. The number of rotatable bonds is 9. The number of piperidine rings is 1. The molecule has 214 valence electrons. The predicted molar refractivity (Wildman–Crippen MR) is 147 cm³/mol. The highest BCUT2D eigenvalue weighted by Gasteiger charge is 2.22. The summed E-state index contributed by atoms with van der Waals surface area (Å²) < 4.78 is 7.23. The van der Waals surface area contributed by atoms with Gasteiger partial charge in [0, 0.05) is 44.2 Å². The Balaban J connectivity index is 0.000000663. The molecule has 12 heteroatoms. The fraction of sp³-hybridized carbons (Fsp3) is 0.393. The first-order valence-electron chi connectivity index (χ1n) is 13.2. The third-order valence-corrected chi connectivity index (χ3v) is 6.33. The van der Waals surface area contributed by atoms with Crippen molar-refractivity contribution in [3.63, 3.8) is 0 Å². The van der Waals surface area contributed by atoms with Crippen LogP contribution in [0.2, 0.25) is 0 Å². The lowest BCUT2D eigenvalue weighted by atomic mass is 10.1. The van der Waals surface area contributed by atoms with Crippen molar-refractivity contribution in [2.75, 3.05) is 26.2 Å². The van der Waals surface area contributed by atoms with E-state index < -0.39 is 11.9 Å². The summed E-state index contributed by atoms with van der Waals surface area (Å²) in [4.78, 5) is 45.4. The molecule has 0 atom stereocenters. The molecule has 0 radical (unpaired) electrons. The van der Waals surface area contributed by atoms with Crippen molar-refractivity contribution in [2.45, 2.75) is 45.4 Å². The summed E-state index contributed by atoms with van der Waals surface area (Å²) in [5, 5.41) is 26.2. The van der Waals surface area contributed by atoms with Gasteiger partial charge in [-0.05, 0) is 30.9 Å². The highest BCUT2D eigenvalue weighted by atomic mass is 16.5. The highest BCUT2D eigenvalue weighted by molar-refractivity contribution is 6.27. The SMILES string of the molecule is CCCn1nc(C(=O)NCCN2CCC(NC(=O)OCc3ccccc3)CC2)c2ccccc21.O=C(O)C(=O)O. The van der Waals surface area contributed by atoms with Gasteiger partial charge in [-0.2, -0.15) is 5.10 Å². The van der Waals surface area contributed by atoms with Gasteiger partial charge in [0.05, 0.1) is 5.52 Å². The Hall–Kier alpha value is -4.45. The van der Waals surface area contributed by atoms with E-state index in [1.54, 1.807) is 0 Å². The fourth-order valence-corrected chi connectivity index (χ4v) is 4.32. The second-order valence-electron chi connectivity index (χ2n) is 9.28. The lowest BCUT2D eigenvalue weighted by molar-refractivity contribution is -0.159. The van der Waals surface area contributed by atoms with Crippen molar-refractivity contribution in [1.82, 2.24) is 25.3 Å². The van der Waals surface area contributed by atoms with Crippen LogP contribution in [0.15, 0.2) is 54.6 Å². The molecule has 0 aliphatic carbocycles. The molecule has 4 rings (SSSR count). The zero-order valence-electron chi connectivity index (χ0n) is 22.4. The van der Waals surface area contributed by atoms with Gasteiger partial charge in [0.2, 0.25) is 0 Å². The molecular weight excluding hydrogens is 518 g/mol. The van der Waals surface area contributed by atoms with Crippen LogP contribution in [-0.4, -0.2) is 81.1 Å². The number of carboxylic acid groups (broad SMARTS) is 2. The van der Waals surface area contributed by atoms with Gasteiger partial charge < -0.3 is 30.5 Å². The number of carbonyl (C=O) groups excluding carboxylic acids is 2. The van der Waals surface area contributed by atoms with E-state index >= 15 is 0 Å². The molecule has 1 aliphatic heterocycles. The second kappa shape index (κ2) is 15.2. The van der Waals surface area contributed by atoms with E-state index in [1.165, 1.54) is 0 Å². The largest absolute Gasteiger partial charge is 0.473 e. The summed E-state index contributed by atoms with van der Waals surface area (Å²) >= 11 is 0. The zero-order valence-corrected chi connectivity index (χ0v) is 22.4. The summed E-state index contributed by atoms with van der Waals surface area (Å²) in [5.41, 5.74) is 2.45. The van der Waals surface area contributed by atoms with Crippen molar-refractivity contribution in [2.24, 2.45) is 0 Å². The number of amides is 2. The maximum Gasteiger partial charge on any atom is 0.414 e. The van der Waals surface area contributed by atoms with E-state index in [0.717, 1.165) is 61.9 Å². The number of aliphatic carboxylic acids is 2. The van der Waals surface area contributed by atoms with Crippen molar-refractivity contribution in [3.05, 3.63) is 65.9 Å². The Labute approximate surface area is 231 Å². The van der Waals surface area contributed by atoms with E-state index in [2.05, 4.69) is 27.6 Å². The summed E-state index contributed by atoms with van der Waals surface area (Å²) in [6.45, 7) is 6.23. The lowest BCUT2D eigenvalue weighted by Crippen LogP contribution is -2.46. The Bertz CT molecular complexity index is 1270. The number of nitrogens with zero attached hydrogens (tertiary/aromatic N) is 3. The van der Waals surface area contributed by atoms with Crippen LogP contribution < -0.4 is 10.6 Å². The number of carbonyl (C=O) groups is 4. The molecule has 1 fully saturated rings. The van der Waals surface area contributed by atoms with E-state index in [9.17, 15) is 9.59 Å². The van der Waals surface area contributed by atoms with Crippen LogP contribution in [0.5, 0.6) is 0 Å². The summed E-state index contributed by atoms with van der Waals surface area (Å²) in [6.07, 6.45) is 2.31. The van der Waals surface area contributed by atoms with Gasteiger partial charge in [0.25, 0.3) is 5.91 Å². The molecule has 0 saturated carbocycles. The van der Waals surface area contributed by atoms with Crippen LogP contribution in [0, 0.1) is 0 Å². The number of alkyl carbamates (subject to hydrolysis) is 1. The molecule has 1 saturated heterocycles. The molecule has 1 aromatic heterocycles. The van der Waals surface area contributed by atoms with Gasteiger partial charge >= 0.3 is 18.0 Å². The molecule has 12 nitrogen and oxygen atoms in total. The Kier molecular flexibility index (Phi) is 11.5. The third-order valence-electron chi connectivity index (χ3n) is 6.33. The molecule has 2 amide bonds. The first kappa shape index (κ1) is 30.1. The third kappa shape index (κ3) is 9.09. The molecule has 0 bridgehead atoms. The number of hydrogen-bond donors (Lipinski definition) is 4. The number of benzene rings is 2. The van der Waals surface area contributed by atoms with E-state index in [4.69, 9.17) is 24.5 Å². The highest BCUT2D eigenvalue weighted by Crippen LogP contribution is 2.19. The molecule has 40 heavy (non-hydrogen) atoms. The van der Waals surface area contributed by atoms with Crippen LogP contribution in [-0.2, 0) is 27.5 Å². The molecule has 2 aromatic carbocycles. The summed E-state index contributed by atoms with van der Waals surface area (Å²) in [5.74, 6) is -3.78. The van der Waals surface area contributed by atoms with Crippen LogP contribution in [0.3, 0.4) is 0 Å². The van der Waals surface area contributed by atoms with E-state index in [-0.39, 0.29) is 24.6 Å². The number of likely N-dealkylation sites (tertiary alicyclic amines) is 1. The summed E-state index contributed by atoms with van der Waals surface area (Å²) in [6, 6.07) is 17.6. The molecule has 2 heterocycles. The number of hydrogen-bond acceptors (Lipinski definition) is 7. The molecule has 3 aromatic rings. The maximum atomic E-state index is 12.8. The number of para-hydroxylation sites is 1. The average Bonchev–Trinajstić information content (AvgIpc) is 3.32.